The number of carbonyl (C=O) groups excluding carboxylic acids is 2. The summed E-state index contributed by atoms with van der Waals surface area (Å²) < 4.78 is 5.21. The van der Waals surface area contributed by atoms with Crippen LogP contribution in [0.1, 0.15) is 48.5 Å². The van der Waals surface area contributed by atoms with Crippen LogP contribution in [0, 0.1) is 0 Å². The van der Waals surface area contributed by atoms with Crippen LogP contribution in [-0.2, 0) is 14.3 Å². The molecule has 0 unspecified atom stereocenters. The lowest BCUT2D eigenvalue weighted by molar-refractivity contribution is -0.162. The molecule has 0 aliphatic carbocycles. The number of hydrogen-bond acceptors (Lipinski definition) is 4. The fraction of sp³-hybridized carbons (Fsp3) is 0.692. The van der Waals surface area contributed by atoms with E-state index < -0.39 is 23.0 Å². The summed E-state index contributed by atoms with van der Waals surface area (Å²) in [6.45, 7) is 11.3. The molecule has 18 heavy (non-hydrogen) atoms. The standard InChI is InChI=1S/C13H23NO4/c1-8(9(2)15)10(16)14-13(6,7)11(17)18-12(3,4)5/h15H,1-7H3,(H,14,16)/b9-8-. The zero-order valence-corrected chi connectivity index (χ0v) is 12.2. The van der Waals surface area contributed by atoms with Crippen LogP contribution in [0.4, 0.5) is 0 Å². The van der Waals surface area contributed by atoms with Crippen LogP contribution in [0.25, 0.3) is 0 Å². The lowest BCUT2D eigenvalue weighted by Crippen LogP contribution is -2.52. The Hall–Kier alpha value is -1.52. The van der Waals surface area contributed by atoms with Gasteiger partial charge in [-0.05, 0) is 48.5 Å². The molecule has 5 nitrogen and oxygen atoms in total. The molecule has 0 atom stereocenters. The van der Waals surface area contributed by atoms with Gasteiger partial charge in [-0.1, -0.05) is 0 Å². The molecule has 1 amide bonds. The highest BCUT2D eigenvalue weighted by Crippen LogP contribution is 2.14. The quantitative estimate of drug-likeness (QED) is 0.461. The Labute approximate surface area is 108 Å². The van der Waals surface area contributed by atoms with E-state index in [1.165, 1.54) is 13.8 Å². The molecule has 5 heteroatoms. The Morgan fingerprint density at radius 3 is 1.83 bits per heavy atom. The molecule has 0 fully saturated rings. The molecule has 0 aliphatic rings. The van der Waals surface area contributed by atoms with E-state index in [4.69, 9.17) is 4.74 Å². The molecule has 104 valence electrons. The second-order valence-electron chi connectivity index (χ2n) is 5.79. The van der Waals surface area contributed by atoms with E-state index in [0.29, 0.717) is 0 Å². The van der Waals surface area contributed by atoms with Crippen LogP contribution in [0.5, 0.6) is 0 Å². The maximum Gasteiger partial charge on any atom is 0.331 e. The maximum absolute atomic E-state index is 11.9. The van der Waals surface area contributed by atoms with Crippen LogP contribution in [0.2, 0.25) is 0 Å². The molecular formula is C13H23NO4. The van der Waals surface area contributed by atoms with Crippen LogP contribution in [-0.4, -0.2) is 28.1 Å². The van der Waals surface area contributed by atoms with Crippen molar-refractivity contribution in [2.75, 3.05) is 0 Å². The number of ether oxygens (including phenoxy) is 1. The number of nitrogens with one attached hydrogen (secondary N) is 1. The van der Waals surface area contributed by atoms with Gasteiger partial charge >= 0.3 is 5.97 Å². The molecule has 0 bridgehead atoms. The second kappa shape index (κ2) is 5.42. The smallest absolute Gasteiger partial charge is 0.331 e. The molecule has 0 aromatic carbocycles. The summed E-state index contributed by atoms with van der Waals surface area (Å²) in [6, 6.07) is 0. The first-order chi connectivity index (χ1) is 7.87. The normalized spacial score (nSPS) is 13.7. The number of allylic oxidation sites excluding steroid dienone is 1. The third kappa shape index (κ3) is 5.21. The lowest BCUT2D eigenvalue weighted by Gasteiger charge is -2.29. The molecule has 0 rings (SSSR count). The van der Waals surface area contributed by atoms with Gasteiger partial charge < -0.3 is 15.2 Å². The van der Waals surface area contributed by atoms with Crippen LogP contribution >= 0.6 is 0 Å². The SMILES string of the molecule is C/C(O)=C(\C)C(=O)NC(C)(C)C(=O)OC(C)(C)C. The zero-order valence-electron chi connectivity index (χ0n) is 12.2. The molecular weight excluding hydrogens is 234 g/mol. The van der Waals surface area contributed by atoms with E-state index in [0.717, 1.165) is 0 Å². The summed E-state index contributed by atoms with van der Waals surface area (Å²) in [7, 11) is 0. The van der Waals surface area contributed by atoms with Crippen molar-refractivity contribution in [2.24, 2.45) is 0 Å². The summed E-state index contributed by atoms with van der Waals surface area (Å²) in [6.07, 6.45) is 0. The summed E-state index contributed by atoms with van der Waals surface area (Å²) in [5, 5.41) is 11.7. The number of rotatable bonds is 3. The van der Waals surface area contributed by atoms with Gasteiger partial charge in [-0.15, -0.1) is 0 Å². The maximum atomic E-state index is 11.9. The predicted molar refractivity (Wildman–Crippen MR) is 69.1 cm³/mol. The van der Waals surface area contributed by atoms with Crippen molar-refractivity contribution >= 4 is 11.9 Å². The minimum atomic E-state index is -1.15. The van der Waals surface area contributed by atoms with Gasteiger partial charge in [-0.2, -0.15) is 0 Å². The van der Waals surface area contributed by atoms with Gasteiger partial charge in [0.25, 0.3) is 5.91 Å². The minimum Gasteiger partial charge on any atom is -0.512 e. The molecule has 0 heterocycles. The van der Waals surface area contributed by atoms with Crippen LogP contribution in [0.3, 0.4) is 0 Å². The minimum absolute atomic E-state index is 0.0764. The topological polar surface area (TPSA) is 75.6 Å². The van der Waals surface area contributed by atoms with Crippen molar-refractivity contribution < 1.29 is 19.4 Å². The Bertz CT molecular complexity index is 371. The Morgan fingerprint density at radius 2 is 1.50 bits per heavy atom. The fourth-order valence-electron chi connectivity index (χ4n) is 0.999. The van der Waals surface area contributed by atoms with Gasteiger partial charge in [0.05, 0.1) is 11.3 Å². The summed E-state index contributed by atoms with van der Waals surface area (Å²) in [4.78, 5) is 23.6. The van der Waals surface area contributed by atoms with Gasteiger partial charge in [0.2, 0.25) is 0 Å². The van der Waals surface area contributed by atoms with E-state index >= 15 is 0 Å². The second-order valence-corrected chi connectivity index (χ2v) is 5.79. The third-order valence-corrected chi connectivity index (χ3v) is 2.22. The van der Waals surface area contributed by atoms with E-state index in [1.807, 2.05) is 0 Å². The van der Waals surface area contributed by atoms with Crippen molar-refractivity contribution in [1.82, 2.24) is 5.32 Å². The highest BCUT2D eigenvalue weighted by Gasteiger charge is 2.34. The van der Waals surface area contributed by atoms with Crippen LogP contribution in [0.15, 0.2) is 11.3 Å². The zero-order chi connectivity index (χ0) is 14.7. The molecule has 0 aromatic heterocycles. The van der Waals surface area contributed by atoms with Gasteiger partial charge in [0.1, 0.15) is 11.1 Å². The van der Waals surface area contributed by atoms with Crippen LogP contribution < -0.4 is 5.32 Å². The first kappa shape index (κ1) is 16.5. The predicted octanol–water partition coefficient (Wildman–Crippen LogP) is 2.07. The van der Waals surface area contributed by atoms with Crippen molar-refractivity contribution in [3.63, 3.8) is 0 Å². The molecule has 0 spiro atoms. The van der Waals surface area contributed by atoms with Crippen molar-refractivity contribution in [1.29, 1.82) is 0 Å². The Kier molecular flexibility index (Phi) is 4.96. The molecule has 0 aliphatic heterocycles. The van der Waals surface area contributed by atoms with Gasteiger partial charge in [0, 0.05) is 0 Å². The largest absolute Gasteiger partial charge is 0.512 e. The molecule has 0 saturated carbocycles. The number of aliphatic hydroxyl groups is 1. The summed E-state index contributed by atoms with van der Waals surface area (Å²) >= 11 is 0. The molecule has 0 saturated heterocycles. The highest BCUT2D eigenvalue weighted by molar-refractivity contribution is 5.97. The highest BCUT2D eigenvalue weighted by atomic mass is 16.6. The number of esters is 1. The number of aliphatic hydroxyl groups excluding tert-OH is 1. The number of amides is 1. The first-order valence-electron chi connectivity index (χ1n) is 5.79. The van der Waals surface area contributed by atoms with Gasteiger partial charge in [0.15, 0.2) is 0 Å². The van der Waals surface area contributed by atoms with E-state index in [2.05, 4.69) is 5.32 Å². The van der Waals surface area contributed by atoms with Crippen molar-refractivity contribution in [3.8, 4) is 0 Å². The first-order valence-corrected chi connectivity index (χ1v) is 5.79. The Morgan fingerprint density at radius 1 is 1.06 bits per heavy atom. The molecule has 0 radical (unpaired) electrons. The third-order valence-electron chi connectivity index (χ3n) is 2.22. The van der Waals surface area contributed by atoms with E-state index in [9.17, 15) is 14.7 Å². The lowest BCUT2D eigenvalue weighted by atomic mass is 10.0. The van der Waals surface area contributed by atoms with E-state index in [1.54, 1.807) is 34.6 Å². The van der Waals surface area contributed by atoms with Gasteiger partial charge in [-0.3, -0.25) is 4.79 Å². The fourth-order valence-corrected chi connectivity index (χ4v) is 0.999. The molecule has 2 N–H and O–H groups in total. The van der Waals surface area contributed by atoms with E-state index in [-0.39, 0.29) is 11.3 Å². The average Bonchev–Trinajstić information content (AvgIpc) is 2.12. The summed E-state index contributed by atoms with van der Waals surface area (Å²) in [5.74, 6) is -1.09. The monoisotopic (exact) mass is 257 g/mol. The van der Waals surface area contributed by atoms with Gasteiger partial charge in [-0.25, -0.2) is 4.79 Å². The molecule has 0 aromatic rings. The Balaban J connectivity index is 4.82. The van der Waals surface area contributed by atoms with Crippen molar-refractivity contribution in [3.05, 3.63) is 11.3 Å². The van der Waals surface area contributed by atoms with Crippen molar-refractivity contribution in [2.45, 2.75) is 59.6 Å². The summed E-state index contributed by atoms with van der Waals surface area (Å²) in [5.41, 5.74) is -1.59. The number of carbonyl (C=O) groups is 2. The number of hydrogen-bond donors (Lipinski definition) is 2. The average molecular weight is 257 g/mol.